The smallest absolute Gasteiger partial charge is 0.0897 e. The van der Waals surface area contributed by atoms with Gasteiger partial charge in [0, 0.05) is 10.8 Å². The van der Waals surface area contributed by atoms with Crippen molar-refractivity contribution in [1.29, 1.82) is 0 Å². The molecule has 1 heterocycles. The van der Waals surface area contributed by atoms with Gasteiger partial charge < -0.3 is 0 Å². The van der Waals surface area contributed by atoms with Crippen LogP contribution in [-0.2, 0) is 0 Å². The van der Waals surface area contributed by atoms with Crippen LogP contribution >= 0.6 is 11.3 Å². The molecule has 0 saturated carbocycles. The fourth-order valence-electron chi connectivity index (χ4n) is 5.24. The second kappa shape index (κ2) is 7.29. The zero-order valence-corrected chi connectivity index (χ0v) is 19.3. The molecule has 0 aliphatic carbocycles. The third kappa shape index (κ3) is 2.87. The number of thiazole rings is 1. The average Bonchev–Trinajstić information content (AvgIpc) is 3.29. The van der Waals surface area contributed by atoms with Gasteiger partial charge in [0.05, 0.1) is 15.7 Å². The number of fused-ring (bicyclic) bond motifs is 6. The topological polar surface area (TPSA) is 12.9 Å². The van der Waals surface area contributed by atoms with E-state index in [1.54, 1.807) is 11.3 Å². The maximum Gasteiger partial charge on any atom is 0.0897 e. The van der Waals surface area contributed by atoms with E-state index in [-0.39, 0.29) is 0 Å². The summed E-state index contributed by atoms with van der Waals surface area (Å²) in [6.45, 7) is 6.63. The third-order valence-corrected chi connectivity index (χ3v) is 7.33. The first kappa shape index (κ1) is 19.2. The molecular weight excluding hydrogens is 406 g/mol. The maximum absolute atomic E-state index is 4.79. The molecule has 0 saturated heterocycles. The summed E-state index contributed by atoms with van der Waals surface area (Å²) >= 11 is 1.73. The van der Waals surface area contributed by atoms with Crippen molar-refractivity contribution in [2.45, 2.75) is 20.8 Å². The molecule has 0 aliphatic rings. The molecule has 5 aromatic carbocycles. The predicted molar refractivity (Wildman–Crippen MR) is 140 cm³/mol. The minimum atomic E-state index is 1.11. The molecule has 1 aromatic heterocycles. The molecule has 0 spiro atoms. The number of nitrogens with zero attached hydrogens (tertiary/aromatic N) is 1. The van der Waals surface area contributed by atoms with Gasteiger partial charge in [-0.2, -0.15) is 0 Å². The number of hydrogen-bond donors (Lipinski definition) is 0. The number of aryl methyl sites for hydroxylation is 3. The summed E-state index contributed by atoms with van der Waals surface area (Å²) in [5.41, 5.74) is 12.1. The second-order valence-corrected chi connectivity index (χ2v) is 9.51. The molecule has 2 heteroatoms. The van der Waals surface area contributed by atoms with Crippen molar-refractivity contribution in [3.05, 3.63) is 101 Å². The van der Waals surface area contributed by atoms with Crippen molar-refractivity contribution in [3.63, 3.8) is 0 Å². The molecule has 154 valence electrons. The Bertz CT molecular complexity index is 1620. The standard InChI is InChI=1S/C30H23NS/c1-18-14-19(2)27(20(3)15-18)24-10-7-11-25-28(24)26-16-22(21-8-5-4-6-9-21)12-13-23(26)30-29(25)31-17-32-30/h4-17H,1-3H3. The van der Waals surface area contributed by atoms with Crippen LogP contribution in [0.1, 0.15) is 16.7 Å². The van der Waals surface area contributed by atoms with Crippen LogP contribution in [0.2, 0.25) is 0 Å². The summed E-state index contributed by atoms with van der Waals surface area (Å²) in [7, 11) is 0. The molecule has 0 fully saturated rings. The van der Waals surface area contributed by atoms with E-state index < -0.39 is 0 Å². The van der Waals surface area contributed by atoms with Crippen LogP contribution in [0.25, 0.3) is 54.0 Å². The highest BCUT2D eigenvalue weighted by Crippen LogP contribution is 2.43. The molecule has 6 rings (SSSR count). The van der Waals surface area contributed by atoms with Gasteiger partial charge in [0.25, 0.3) is 0 Å². The molecule has 0 unspecified atom stereocenters. The lowest BCUT2D eigenvalue weighted by atomic mass is 9.87. The molecule has 0 bridgehead atoms. The number of hydrogen-bond acceptors (Lipinski definition) is 2. The Morgan fingerprint density at radius 3 is 2.22 bits per heavy atom. The van der Waals surface area contributed by atoms with E-state index in [4.69, 9.17) is 4.98 Å². The highest BCUT2D eigenvalue weighted by atomic mass is 32.1. The Morgan fingerprint density at radius 2 is 1.44 bits per heavy atom. The first-order valence-electron chi connectivity index (χ1n) is 11.0. The second-order valence-electron chi connectivity index (χ2n) is 8.66. The van der Waals surface area contributed by atoms with E-state index in [0.717, 1.165) is 5.52 Å². The van der Waals surface area contributed by atoms with Crippen LogP contribution in [0.3, 0.4) is 0 Å². The molecule has 0 N–H and O–H groups in total. The van der Waals surface area contributed by atoms with E-state index in [1.165, 1.54) is 65.2 Å². The van der Waals surface area contributed by atoms with E-state index >= 15 is 0 Å². The minimum Gasteiger partial charge on any atom is -0.244 e. The van der Waals surface area contributed by atoms with Crippen LogP contribution in [0.15, 0.2) is 84.4 Å². The molecule has 0 atom stereocenters. The monoisotopic (exact) mass is 429 g/mol. The summed E-state index contributed by atoms with van der Waals surface area (Å²) < 4.78 is 1.27. The summed E-state index contributed by atoms with van der Waals surface area (Å²) in [6, 6.07) is 28.8. The van der Waals surface area contributed by atoms with Gasteiger partial charge in [-0.05, 0) is 71.0 Å². The van der Waals surface area contributed by atoms with Crippen molar-refractivity contribution in [2.75, 3.05) is 0 Å². The summed E-state index contributed by atoms with van der Waals surface area (Å²) in [5, 5.41) is 5.11. The number of benzene rings is 5. The van der Waals surface area contributed by atoms with Gasteiger partial charge in [0.2, 0.25) is 0 Å². The molecular formula is C30H23NS. The predicted octanol–water partition coefficient (Wildman–Crippen LogP) is 8.86. The Morgan fingerprint density at radius 1 is 0.656 bits per heavy atom. The van der Waals surface area contributed by atoms with Crippen LogP contribution < -0.4 is 0 Å². The Hall–Kier alpha value is -3.49. The van der Waals surface area contributed by atoms with Crippen LogP contribution in [0.4, 0.5) is 0 Å². The van der Waals surface area contributed by atoms with Gasteiger partial charge in [-0.15, -0.1) is 11.3 Å². The lowest BCUT2D eigenvalue weighted by molar-refractivity contribution is 1.32. The molecule has 0 radical (unpaired) electrons. The molecule has 6 aromatic rings. The van der Waals surface area contributed by atoms with Gasteiger partial charge in [-0.3, -0.25) is 0 Å². The molecule has 0 aliphatic heterocycles. The summed E-state index contributed by atoms with van der Waals surface area (Å²) in [5.74, 6) is 0. The quantitative estimate of drug-likeness (QED) is 0.250. The van der Waals surface area contributed by atoms with Crippen molar-refractivity contribution >= 4 is 43.1 Å². The molecule has 0 amide bonds. The van der Waals surface area contributed by atoms with Crippen molar-refractivity contribution in [3.8, 4) is 22.3 Å². The van der Waals surface area contributed by atoms with Crippen LogP contribution in [0, 0.1) is 20.8 Å². The number of aromatic nitrogens is 1. The first-order valence-corrected chi connectivity index (χ1v) is 11.8. The van der Waals surface area contributed by atoms with E-state index in [2.05, 4.69) is 99.6 Å². The van der Waals surface area contributed by atoms with Crippen molar-refractivity contribution < 1.29 is 0 Å². The fourth-order valence-corrected chi connectivity index (χ4v) is 6.08. The number of rotatable bonds is 2. The van der Waals surface area contributed by atoms with Crippen molar-refractivity contribution in [1.82, 2.24) is 4.98 Å². The van der Waals surface area contributed by atoms with Gasteiger partial charge >= 0.3 is 0 Å². The largest absolute Gasteiger partial charge is 0.244 e. The van der Waals surface area contributed by atoms with Gasteiger partial charge in [-0.1, -0.05) is 78.4 Å². The summed E-state index contributed by atoms with van der Waals surface area (Å²) in [6.07, 6.45) is 0. The van der Waals surface area contributed by atoms with E-state index in [9.17, 15) is 0 Å². The van der Waals surface area contributed by atoms with Crippen LogP contribution in [-0.4, -0.2) is 4.98 Å². The fraction of sp³-hybridized carbons (Fsp3) is 0.100. The minimum absolute atomic E-state index is 1.11. The van der Waals surface area contributed by atoms with E-state index in [1.807, 2.05) is 5.51 Å². The van der Waals surface area contributed by atoms with Gasteiger partial charge in [0.15, 0.2) is 0 Å². The first-order chi connectivity index (χ1) is 15.6. The maximum atomic E-state index is 4.79. The van der Waals surface area contributed by atoms with Gasteiger partial charge in [-0.25, -0.2) is 4.98 Å². The Balaban J connectivity index is 1.81. The normalized spacial score (nSPS) is 11.6. The lowest BCUT2D eigenvalue weighted by Crippen LogP contribution is -1.93. The summed E-state index contributed by atoms with van der Waals surface area (Å²) in [4.78, 5) is 4.79. The Labute approximate surface area is 192 Å². The van der Waals surface area contributed by atoms with Gasteiger partial charge in [0.1, 0.15) is 0 Å². The molecule has 32 heavy (non-hydrogen) atoms. The highest BCUT2D eigenvalue weighted by Gasteiger charge is 2.17. The average molecular weight is 430 g/mol. The van der Waals surface area contributed by atoms with Crippen molar-refractivity contribution in [2.24, 2.45) is 0 Å². The lowest BCUT2D eigenvalue weighted by Gasteiger charge is -2.17. The SMILES string of the molecule is Cc1cc(C)c(-c2cccc3c4ncsc4c4ccc(-c5ccccc5)cc4c23)c(C)c1. The Kier molecular flexibility index (Phi) is 4.38. The third-order valence-electron chi connectivity index (χ3n) is 6.47. The molecule has 1 nitrogen and oxygen atoms in total. The zero-order chi connectivity index (χ0) is 21.8. The highest BCUT2D eigenvalue weighted by molar-refractivity contribution is 7.18. The van der Waals surface area contributed by atoms with Crippen LogP contribution in [0.5, 0.6) is 0 Å². The van der Waals surface area contributed by atoms with E-state index in [0.29, 0.717) is 0 Å². The zero-order valence-electron chi connectivity index (χ0n) is 18.4.